The molecule has 0 atom stereocenters. The first-order valence-electron chi connectivity index (χ1n) is 10.3. The van der Waals surface area contributed by atoms with Gasteiger partial charge in [0.1, 0.15) is 12.3 Å². The molecule has 3 amide bonds. The topological polar surface area (TPSA) is 75.7 Å². The van der Waals surface area contributed by atoms with Crippen molar-refractivity contribution in [2.75, 3.05) is 18.5 Å². The van der Waals surface area contributed by atoms with Crippen LogP contribution in [0.5, 0.6) is 5.75 Å². The lowest BCUT2D eigenvalue weighted by atomic mass is 10.0. The smallest absolute Gasteiger partial charge is 0.294 e. The first kappa shape index (κ1) is 21.6. The fourth-order valence-corrected chi connectivity index (χ4v) is 4.22. The van der Waals surface area contributed by atoms with Crippen molar-refractivity contribution in [3.63, 3.8) is 0 Å². The third kappa shape index (κ3) is 4.68. The van der Waals surface area contributed by atoms with Crippen LogP contribution in [0.25, 0.3) is 16.8 Å². The van der Waals surface area contributed by atoms with E-state index in [4.69, 9.17) is 4.74 Å². The van der Waals surface area contributed by atoms with Crippen LogP contribution in [0.3, 0.4) is 0 Å². The molecular weight excluding hydrogens is 424 g/mol. The lowest BCUT2D eigenvalue weighted by Crippen LogP contribution is -2.36. The van der Waals surface area contributed by atoms with E-state index >= 15 is 0 Å². The average Bonchev–Trinajstić information content (AvgIpc) is 3.06. The molecule has 1 aliphatic rings. The highest BCUT2D eigenvalue weighted by molar-refractivity contribution is 8.18. The van der Waals surface area contributed by atoms with Crippen molar-refractivity contribution in [2.45, 2.75) is 13.3 Å². The van der Waals surface area contributed by atoms with E-state index < -0.39 is 17.1 Å². The van der Waals surface area contributed by atoms with Crippen molar-refractivity contribution in [1.82, 2.24) is 4.90 Å². The van der Waals surface area contributed by atoms with Gasteiger partial charge in [0.15, 0.2) is 0 Å². The maximum absolute atomic E-state index is 13.0. The van der Waals surface area contributed by atoms with Crippen LogP contribution in [-0.4, -0.2) is 35.1 Å². The SMILES string of the molecule is CCCOc1ccc2ccccc2c1/C=C1\SC(=O)N(CC(=O)Nc2ccccc2)C1=O. The zero-order chi connectivity index (χ0) is 22.5. The van der Waals surface area contributed by atoms with Gasteiger partial charge in [-0.3, -0.25) is 19.3 Å². The van der Waals surface area contributed by atoms with Crippen LogP contribution in [-0.2, 0) is 9.59 Å². The Morgan fingerprint density at radius 2 is 1.78 bits per heavy atom. The number of carbonyl (C=O) groups is 3. The van der Waals surface area contributed by atoms with E-state index in [-0.39, 0.29) is 11.4 Å². The van der Waals surface area contributed by atoms with E-state index in [9.17, 15) is 14.4 Å². The number of imide groups is 1. The Labute approximate surface area is 190 Å². The lowest BCUT2D eigenvalue weighted by molar-refractivity contribution is -0.127. The number of benzene rings is 3. The van der Waals surface area contributed by atoms with E-state index in [1.54, 1.807) is 30.3 Å². The molecule has 0 bridgehead atoms. The standard InChI is InChI=1S/C25H22N2O4S/c1-2-14-31-21-13-12-17-8-6-7-11-19(17)20(21)15-22-24(29)27(25(30)32-22)16-23(28)26-18-9-4-3-5-10-18/h3-13,15H,2,14,16H2,1H3,(H,26,28)/b22-15-. The van der Waals surface area contributed by atoms with Gasteiger partial charge in [0, 0.05) is 11.3 Å². The van der Waals surface area contributed by atoms with Gasteiger partial charge in [0.05, 0.1) is 11.5 Å². The van der Waals surface area contributed by atoms with E-state index in [2.05, 4.69) is 5.32 Å². The van der Waals surface area contributed by atoms with Gasteiger partial charge in [0.25, 0.3) is 11.1 Å². The minimum absolute atomic E-state index is 0.264. The molecule has 162 valence electrons. The molecule has 0 spiro atoms. The Hall–Kier alpha value is -3.58. The number of hydrogen-bond acceptors (Lipinski definition) is 5. The van der Waals surface area contributed by atoms with Gasteiger partial charge in [-0.15, -0.1) is 0 Å². The predicted molar refractivity (Wildman–Crippen MR) is 127 cm³/mol. The number of hydrogen-bond donors (Lipinski definition) is 1. The van der Waals surface area contributed by atoms with Gasteiger partial charge < -0.3 is 10.1 Å². The molecule has 0 unspecified atom stereocenters. The first-order chi connectivity index (χ1) is 15.6. The number of rotatable bonds is 7. The van der Waals surface area contributed by atoms with E-state index in [1.807, 2.05) is 49.4 Å². The normalized spacial score (nSPS) is 14.9. The lowest BCUT2D eigenvalue weighted by Gasteiger charge is -2.13. The summed E-state index contributed by atoms with van der Waals surface area (Å²) in [7, 11) is 0. The molecule has 1 heterocycles. The molecule has 1 fully saturated rings. The van der Waals surface area contributed by atoms with Gasteiger partial charge in [-0.05, 0) is 53.2 Å². The Morgan fingerprint density at radius 1 is 1.03 bits per heavy atom. The zero-order valence-corrected chi connectivity index (χ0v) is 18.4. The Kier molecular flexibility index (Phi) is 6.56. The Bertz CT molecular complexity index is 1210. The van der Waals surface area contributed by atoms with Crippen LogP contribution in [0.4, 0.5) is 10.5 Å². The second kappa shape index (κ2) is 9.70. The molecule has 1 N–H and O–H groups in total. The summed E-state index contributed by atoms with van der Waals surface area (Å²) < 4.78 is 5.90. The van der Waals surface area contributed by atoms with Crippen molar-refractivity contribution in [2.24, 2.45) is 0 Å². The van der Waals surface area contributed by atoms with Gasteiger partial charge >= 0.3 is 0 Å². The molecule has 1 saturated heterocycles. The second-order valence-corrected chi connectivity index (χ2v) is 8.22. The van der Waals surface area contributed by atoms with Gasteiger partial charge in [-0.1, -0.05) is 55.5 Å². The summed E-state index contributed by atoms with van der Waals surface area (Å²) >= 11 is 0.829. The second-order valence-electron chi connectivity index (χ2n) is 7.23. The number of ether oxygens (including phenoxy) is 1. The summed E-state index contributed by atoms with van der Waals surface area (Å²) in [6, 6.07) is 20.5. The molecule has 3 aromatic carbocycles. The summed E-state index contributed by atoms with van der Waals surface area (Å²) in [4.78, 5) is 39.1. The van der Waals surface area contributed by atoms with E-state index in [0.717, 1.165) is 39.4 Å². The van der Waals surface area contributed by atoms with Gasteiger partial charge in [-0.2, -0.15) is 0 Å². The highest BCUT2D eigenvalue weighted by Crippen LogP contribution is 2.36. The number of nitrogens with one attached hydrogen (secondary N) is 1. The summed E-state index contributed by atoms with van der Waals surface area (Å²) in [5, 5.41) is 4.16. The minimum atomic E-state index is -0.488. The maximum Gasteiger partial charge on any atom is 0.294 e. The highest BCUT2D eigenvalue weighted by atomic mass is 32.2. The Morgan fingerprint density at radius 3 is 2.56 bits per heavy atom. The van der Waals surface area contributed by atoms with Crippen LogP contribution in [0.2, 0.25) is 0 Å². The van der Waals surface area contributed by atoms with Crippen LogP contribution >= 0.6 is 11.8 Å². The molecule has 0 saturated carbocycles. The fourth-order valence-electron chi connectivity index (χ4n) is 3.40. The summed E-state index contributed by atoms with van der Waals surface area (Å²) in [6.07, 6.45) is 2.53. The minimum Gasteiger partial charge on any atom is -0.493 e. The van der Waals surface area contributed by atoms with E-state index in [0.29, 0.717) is 18.0 Å². The third-order valence-electron chi connectivity index (χ3n) is 4.90. The summed E-state index contributed by atoms with van der Waals surface area (Å²) in [6.45, 7) is 2.22. The van der Waals surface area contributed by atoms with Crippen molar-refractivity contribution in [3.8, 4) is 5.75 Å². The van der Waals surface area contributed by atoms with Crippen molar-refractivity contribution < 1.29 is 19.1 Å². The average molecular weight is 447 g/mol. The molecule has 0 aliphatic carbocycles. The number of fused-ring (bicyclic) bond motifs is 1. The summed E-state index contributed by atoms with van der Waals surface area (Å²) in [5.41, 5.74) is 1.35. The largest absolute Gasteiger partial charge is 0.493 e. The number of para-hydroxylation sites is 1. The molecule has 4 rings (SSSR count). The van der Waals surface area contributed by atoms with Crippen molar-refractivity contribution in [1.29, 1.82) is 0 Å². The van der Waals surface area contributed by atoms with Crippen LogP contribution < -0.4 is 10.1 Å². The van der Waals surface area contributed by atoms with Crippen molar-refractivity contribution >= 4 is 51.4 Å². The molecule has 1 aliphatic heterocycles. The van der Waals surface area contributed by atoms with Crippen LogP contribution in [0.15, 0.2) is 71.6 Å². The number of anilines is 1. The van der Waals surface area contributed by atoms with Crippen molar-refractivity contribution in [3.05, 3.63) is 77.2 Å². The highest BCUT2D eigenvalue weighted by Gasteiger charge is 2.36. The molecule has 32 heavy (non-hydrogen) atoms. The molecule has 7 heteroatoms. The number of amides is 3. The number of nitrogens with zero attached hydrogens (tertiary/aromatic N) is 1. The number of carbonyl (C=O) groups excluding carboxylic acids is 3. The fraction of sp³-hybridized carbons (Fsp3) is 0.160. The van der Waals surface area contributed by atoms with Gasteiger partial charge in [-0.25, -0.2) is 0 Å². The summed E-state index contributed by atoms with van der Waals surface area (Å²) in [5.74, 6) is -0.270. The number of thioether (sulfide) groups is 1. The Balaban J connectivity index is 1.60. The van der Waals surface area contributed by atoms with Crippen LogP contribution in [0.1, 0.15) is 18.9 Å². The molecular formula is C25H22N2O4S. The van der Waals surface area contributed by atoms with E-state index in [1.165, 1.54) is 0 Å². The molecule has 0 radical (unpaired) electrons. The maximum atomic E-state index is 13.0. The molecule has 6 nitrogen and oxygen atoms in total. The molecule has 3 aromatic rings. The zero-order valence-electron chi connectivity index (χ0n) is 17.5. The van der Waals surface area contributed by atoms with Gasteiger partial charge in [0.2, 0.25) is 5.91 Å². The third-order valence-corrected chi connectivity index (χ3v) is 5.81. The monoisotopic (exact) mass is 446 g/mol. The molecule has 0 aromatic heterocycles. The van der Waals surface area contributed by atoms with Crippen LogP contribution in [0, 0.1) is 0 Å². The predicted octanol–water partition coefficient (Wildman–Crippen LogP) is 5.30. The first-order valence-corrected chi connectivity index (χ1v) is 11.1. The quantitative estimate of drug-likeness (QED) is 0.498.